The van der Waals surface area contributed by atoms with E-state index in [1.165, 1.54) is 0 Å². The van der Waals surface area contributed by atoms with Crippen LogP contribution in [-0.4, -0.2) is 30.6 Å². The Morgan fingerprint density at radius 3 is 2.75 bits per heavy atom. The van der Waals surface area contributed by atoms with E-state index < -0.39 is 0 Å². The number of hydrogen-bond donors (Lipinski definition) is 2. The highest BCUT2D eigenvalue weighted by Crippen LogP contribution is 2.37. The third kappa shape index (κ3) is 2.52. The first-order chi connectivity index (χ1) is 9.51. The highest BCUT2D eigenvalue weighted by molar-refractivity contribution is 5.98. The van der Waals surface area contributed by atoms with Crippen LogP contribution in [-0.2, 0) is 4.79 Å². The Balaban J connectivity index is 2.33. The molecule has 0 saturated carbocycles. The average Bonchev–Trinajstić information content (AvgIpc) is 2.90. The molecule has 110 valence electrons. The number of carbonyl (C=O) groups is 1. The van der Waals surface area contributed by atoms with Crippen molar-refractivity contribution in [3.63, 3.8) is 0 Å². The van der Waals surface area contributed by atoms with E-state index in [-0.39, 0.29) is 23.0 Å². The molecule has 1 saturated heterocycles. The van der Waals surface area contributed by atoms with Crippen molar-refractivity contribution in [2.75, 3.05) is 24.5 Å². The van der Waals surface area contributed by atoms with Gasteiger partial charge in [0.2, 0.25) is 5.91 Å². The van der Waals surface area contributed by atoms with Gasteiger partial charge in [0.25, 0.3) is 0 Å². The molecule has 1 amide bonds. The fourth-order valence-electron chi connectivity index (χ4n) is 3.01. The molecule has 1 atom stereocenters. The average molecular weight is 276 g/mol. The van der Waals surface area contributed by atoms with Gasteiger partial charge >= 0.3 is 0 Å². The highest BCUT2D eigenvalue weighted by Gasteiger charge is 2.46. The van der Waals surface area contributed by atoms with Crippen molar-refractivity contribution in [2.45, 2.75) is 27.2 Å². The summed E-state index contributed by atoms with van der Waals surface area (Å²) >= 11 is 0. The molecule has 1 aliphatic rings. The molecule has 4 nitrogen and oxygen atoms in total. The van der Waals surface area contributed by atoms with Crippen molar-refractivity contribution < 1.29 is 9.90 Å². The summed E-state index contributed by atoms with van der Waals surface area (Å²) in [6.45, 7) is 8.43. The molecule has 2 N–H and O–H groups in total. The second-order valence-corrected chi connectivity index (χ2v) is 5.81. The SMILES string of the molecule is CCN(C(=O)C1(C(C)C)CCNC1)c1cccc(O)c1. The topological polar surface area (TPSA) is 52.6 Å². The fourth-order valence-corrected chi connectivity index (χ4v) is 3.01. The number of nitrogens with one attached hydrogen (secondary N) is 1. The van der Waals surface area contributed by atoms with Gasteiger partial charge in [-0.2, -0.15) is 0 Å². The van der Waals surface area contributed by atoms with Crippen molar-refractivity contribution in [1.29, 1.82) is 0 Å². The first kappa shape index (κ1) is 14.9. The van der Waals surface area contributed by atoms with E-state index in [9.17, 15) is 9.90 Å². The molecule has 1 aromatic rings. The van der Waals surface area contributed by atoms with Gasteiger partial charge in [0.15, 0.2) is 0 Å². The summed E-state index contributed by atoms with van der Waals surface area (Å²) in [4.78, 5) is 14.8. The van der Waals surface area contributed by atoms with Crippen molar-refractivity contribution in [2.24, 2.45) is 11.3 Å². The summed E-state index contributed by atoms with van der Waals surface area (Å²) in [6, 6.07) is 6.92. The van der Waals surface area contributed by atoms with Crippen LogP contribution in [0.25, 0.3) is 0 Å². The van der Waals surface area contributed by atoms with Gasteiger partial charge in [-0.15, -0.1) is 0 Å². The molecule has 1 fully saturated rings. The number of amides is 1. The molecule has 2 rings (SSSR count). The van der Waals surface area contributed by atoms with Crippen LogP contribution in [0.1, 0.15) is 27.2 Å². The standard InChI is InChI=1S/C16H24N2O2/c1-4-18(13-6-5-7-14(19)10-13)15(20)16(12(2)3)8-9-17-11-16/h5-7,10,12,17,19H,4,8-9,11H2,1-3H3. The molecule has 0 radical (unpaired) electrons. The Labute approximate surface area is 120 Å². The van der Waals surface area contributed by atoms with Gasteiger partial charge < -0.3 is 15.3 Å². The molecule has 1 aromatic carbocycles. The Morgan fingerprint density at radius 1 is 1.50 bits per heavy atom. The maximum Gasteiger partial charge on any atom is 0.234 e. The van der Waals surface area contributed by atoms with Gasteiger partial charge in [-0.3, -0.25) is 4.79 Å². The highest BCUT2D eigenvalue weighted by atomic mass is 16.3. The van der Waals surface area contributed by atoms with Gasteiger partial charge in [0.1, 0.15) is 5.75 Å². The minimum absolute atomic E-state index is 0.158. The molecule has 0 spiro atoms. The summed E-state index contributed by atoms with van der Waals surface area (Å²) in [6.07, 6.45) is 0.874. The second kappa shape index (κ2) is 5.83. The number of anilines is 1. The van der Waals surface area contributed by atoms with Crippen LogP contribution in [0, 0.1) is 11.3 Å². The van der Waals surface area contributed by atoms with Crippen molar-refractivity contribution >= 4 is 11.6 Å². The van der Waals surface area contributed by atoms with Gasteiger partial charge in [0.05, 0.1) is 5.41 Å². The van der Waals surface area contributed by atoms with Gasteiger partial charge in [-0.05, 0) is 37.9 Å². The summed E-state index contributed by atoms with van der Waals surface area (Å²) in [5.74, 6) is 0.638. The van der Waals surface area contributed by atoms with Crippen LogP contribution in [0.3, 0.4) is 0 Å². The van der Waals surface area contributed by atoms with E-state index in [2.05, 4.69) is 19.2 Å². The Kier molecular flexibility index (Phi) is 4.33. The number of carbonyl (C=O) groups excluding carboxylic acids is 1. The van der Waals surface area contributed by atoms with E-state index in [4.69, 9.17) is 0 Å². The van der Waals surface area contributed by atoms with Crippen LogP contribution < -0.4 is 10.2 Å². The Morgan fingerprint density at radius 2 is 2.25 bits per heavy atom. The predicted octanol–water partition coefficient (Wildman–Crippen LogP) is 2.38. The number of phenolic OH excluding ortho intramolecular Hbond substituents is 1. The third-order valence-corrected chi connectivity index (χ3v) is 4.42. The number of phenols is 1. The minimum Gasteiger partial charge on any atom is -0.508 e. The molecule has 0 bridgehead atoms. The zero-order valence-electron chi connectivity index (χ0n) is 12.5. The predicted molar refractivity (Wildman–Crippen MR) is 80.9 cm³/mol. The Hall–Kier alpha value is -1.55. The van der Waals surface area contributed by atoms with Gasteiger partial charge in [-0.1, -0.05) is 19.9 Å². The lowest BCUT2D eigenvalue weighted by molar-refractivity contribution is -0.129. The van der Waals surface area contributed by atoms with Crippen LogP contribution in [0.2, 0.25) is 0 Å². The summed E-state index contributed by atoms with van der Waals surface area (Å²) < 4.78 is 0. The first-order valence-electron chi connectivity index (χ1n) is 7.33. The third-order valence-electron chi connectivity index (χ3n) is 4.42. The monoisotopic (exact) mass is 276 g/mol. The zero-order chi connectivity index (χ0) is 14.8. The number of aromatic hydroxyl groups is 1. The van der Waals surface area contributed by atoms with Crippen LogP contribution in [0.4, 0.5) is 5.69 Å². The molecule has 0 aliphatic carbocycles. The van der Waals surface area contributed by atoms with E-state index >= 15 is 0 Å². The zero-order valence-corrected chi connectivity index (χ0v) is 12.5. The Bertz CT molecular complexity index is 479. The quantitative estimate of drug-likeness (QED) is 0.887. The molecule has 1 aliphatic heterocycles. The summed E-state index contributed by atoms with van der Waals surface area (Å²) in [7, 11) is 0. The first-order valence-corrected chi connectivity index (χ1v) is 7.33. The smallest absolute Gasteiger partial charge is 0.234 e. The molecule has 1 unspecified atom stereocenters. The number of hydrogen-bond acceptors (Lipinski definition) is 3. The van der Waals surface area contributed by atoms with E-state index in [0.717, 1.165) is 25.2 Å². The van der Waals surface area contributed by atoms with Crippen LogP contribution in [0.5, 0.6) is 5.75 Å². The minimum atomic E-state index is -0.332. The lowest BCUT2D eigenvalue weighted by Gasteiger charge is -2.36. The van der Waals surface area contributed by atoms with Crippen molar-refractivity contribution in [3.05, 3.63) is 24.3 Å². The van der Waals surface area contributed by atoms with Crippen molar-refractivity contribution in [3.8, 4) is 5.75 Å². The number of nitrogens with zero attached hydrogens (tertiary/aromatic N) is 1. The second-order valence-electron chi connectivity index (χ2n) is 5.81. The normalized spacial score (nSPS) is 22.2. The maximum atomic E-state index is 13.1. The fraction of sp³-hybridized carbons (Fsp3) is 0.562. The van der Waals surface area contributed by atoms with Crippen LogP contribution >= 0.6 is 0 Å². The van der Waals surface area contributed by atoms with Gasteiger partial charge in [0, 0.05) is 24.8 Å². The van der Waals surface area contributed by atoms with Gasteiger partial charge in [-0.25, -0.2) is 0 Å². The van der Waals surface area contributed by atoms with Crippen LogP contribution in [0.15, 0.2) is 24.3 Å². The largest absolute Gasteiger partial charge is 0.508 e. The molecular weight excluding hydrogens is 252 g/mol. The number of benzene rings is 1. The number of rotatable bonds is 4. The molecule has 0 aromatic heterocycles. The lowest BCUT2D eigenvalue weighted by Crippen LogP contribution is -2.48. The molecular formula is C16H24N2O2. The lowest BCUT2D eigenvalue weighted by atomic mass is 9.75. The summed E-state index contributed by atoms with van der Waals surface area (Å²) in [5.41, 5.74) is 0.436. The van der Waals surface area contributed by atoms with Crippen molar-refractivity contribution in [1.82, 2.24) is 5.32 Å². The molecule has 4 heteroatoms. The van der Waals surface area contributed by atoms with E-state index in [1.807, 2.05) is 13.0 Å². The van der Waals surface area contributed by atoms with E-state index in [0.29, 0.717) is 6.54 Å². The molecule has 20 heavy (non-hydrogen) atoms. The van der Waals surface area contributed by atoms with E-state index in [1.54, 1.807) is 23.1 Å². The maximum absolute atomic E-state index is 13.1. The summed E-state index contributed by atoms with van der Waals surface area (Å²) in [5, 5.41) is 12.9. The molecule has 1 heterocycles.